The molecule has 96 valence electrons. The number of nitrogens with one attached hydrogen (secondary N) is 1. The molecule has 1 aliphatic heterocycles. The largest absolute Gasteiger partial charge is 0.487 e. The summed E-state index contributed by atoms with van der Waals surface area (Å²) in [6.45, 7) is 6.18. The van der Waals surface area contributed by atoms with Crippen LogP contribution in [0.25, 0.3) is 0 Å². The van der Waals surface area contributed by atoms with Crippen LogP contribution in [-0.4, -0.2) is 40.2 Å². The first-order valence-corrected chi connectivity index (χ1v) is 6.19. The van der Waals surface area contributed by atoms with Crippen LogP contribution in [0, 0.1) is 0 Å². The molecule has 0 saturated carbocycles. The molecule has 5 nitrogen and oxygen atoms in total. The number of nitrogens with zero attached hydrogens (tertiary/aromatic N) is 2. The van der Waals surface area contributed by atoms with Gasteiger partial charge in [-0.05, 0) is 39.8 Å². The molecule has 0 amide bonds. The number of aromatic nitrogens is 2. The van der Waals surface area contributed by atoms with E-state index in [0.29, 0.717) is 12.6 Å². The highest BCUT2D eigenvalue weighted by Gasteiger charge is 2.30. The van der Waals surface area contributed by atoms with Crippen LogP contribution < -0.4 is 10.1 Å². The number of rotatable bonds is 4. The summed E-state index contributed by atoms with van der Waals surface area (Å²) in [6.07, 6.45) is 5.05. The zero-order chi connectivity index (χ0) is 12.3. The van der Waals surface area contributed by atoms with Gasteiger partial charge in [-0.3, -0.25) is 4.68 Å². The summed E-state index contributed by atoms with van der Waals surface area (Å²) >= 11 is 0. The summed E-state index contributed by atoms with van der Waals surface area (Å²) in [5.74, 6) is 0.727. The molecule has 0 aliphatic carbocycles. The van der Waals surface area contributed by atoms with Gasteiger partial charge in [-0.1, -0.05) is 0 Å². The zero-order valence-corrected chi connectivity index (χ0v) is 10.5. The Balaban J connectivity index is 1.88. The Morgan fingerprint density at radius 2 is 2.24 bits per heavy atom. The van der Waals surface area contributed by atoms with Crippen molar-refractivity contribution in [1.29, 1.82) is 0 Å². The van der Waals surface area contributed by atoms with Crippen molar-refractivity contribution in [2.24, 2.45) is 0 Å². The molecule has 17 heavy (non-hydrogen) atoms. The van der Waals surface area contributed by atoms with Gasteiger partial charge >= 0.3 is 0 Å². The van der Waals surface area contributed by atoms with Crippen molar-refractivity contribution in [1.82, 2.24) is 15.1 Å². The molecule has 0 bridgehead atoms. The molecule has 1 aromatic heterocycles. The molecule has 0 spiro atoms. The van der Waals surface area contributed by atoms with Crippen LogP contribution in [0.1, 0.15) is 32.7 Å². The van der Waals surface area contributed by atoms with Gasteiger partial charge in [0.05, 0.1) is 12.4 Å². The van der Waals surface area contributed by atoms with Crippen LogP contribution in [0.15, 0.2) is 12.4 Å². The van der Waals surface area contributed by atoms with E-state index in [4.69, 9.17) is 4.74 Å². The van der Waals surface area contributed by atoms with Gasteiger partial charge in [-0.15, -0.1) is 0 Å². The molecule has 0 atom stereocenters. The summed E-state index contributed by atoms with van der Waals surface area (Å²) in [5.41, 5.74) is -0.689. The second-order valence-corrected chi connectivity index (χ2v) is 5.01. The summed E-state index contributed by atoms with van der Waals surface area (Å²) in [7, 11) is 0. The third-order valence-corrected chi connectivity index (χ3v) is 3.15. The first-order valence-electron chi connectivity index (χ1n) is 6.19. The first-order chi connectivity index (χ1) is 8.09. The predicted octanol–water partition coefficient (Wildman–Crippen LogP) is 0.957. The van der Waals surface area contributed by atoms with Crippen molar-refractivity contribution < 1.29 is 9.84 Å². The Bertz CT molecular complexity index is 356. The van der Waals surface area contributed by atoms with E-state index in [2.05, 4.69) is 24.3 Å². The molecule has 1 aliphatic rings. The molecule has 0 aromatic carbocycles. The molecule has 1 fully saturated rings. The fourth-order valence-corrected chi connectivity index (χ4v) is 1.93. The van der Waals surface area contributed by atoms with Gasteiger partial charge in [0.2, 0.25) is 0 Å². The number of hydrogen-bond acceptors (Lipinski definition) is 4. The van der Waals surface area contributed by atoms with Crippen LogP contribution in [0.4, 0.5) is 0 Å². The Hall–Kier alpha value is -1.07. The lowest BCUT2D eigenvalue weighted by Crippen LogP contribution is -2.45. The normalized spacial score (nSPS) is 19.5. The number of piperidine rings is 1. The summed E-state index contributed by atoms with van der Waals surface area (Å²) < 4.78 is 7.47. The Labute approximate surface area is 102 Å². The lowest BCUT2D eigenvalue weighted by atomic mass is 9.94. The molecular formula is C12H21N3O2. The first kappa shape index (κ1) is 12.4. The maximum Gasteiger partial charge on any atom is 0.157 e. The molecule has 2 heterocycles. The van der Waals surface area contributed by atoms with Crippen molar-refractivity contribution in [3.05, 3.63) is 12.4 Å². The van der Waals surface area contributed by atoms with Gasteiger partial charge in [0.25, 0.3) is 0 Å². The minimum Gasteiger partial charge on any atom is -0.487 e. The Morgan fingerprint density at radius 3 is 2.82 bits per heavy atom. The molecule has 2 N–H and O–H groups in total. The Morgan fingerprint density at radius 1 is 1.53 bits per heavy atom. The van der Waals surface area contributed by atoms with E-state index in [1.165, 1.54) is 0 Å². The van der Waals surface area contributed by atoms with Crippen molar-refractivity contribution in [2.45, 2.75) is 38.3 Å². The van der Waals surface area contributed by atoms with E-state index < -0.39 is 5.60 Å². The maximum atomic E-state index is 10.3. The van der Waals surface area contributed by atoms with Crippen LogP contribution in [-0.2, 0) is 0 Å². The van der Waals surface area contributed by atoms with E-state index in [0.717, 1.165) is 31.7 Å². The molecule has 1 saturated heterocycles. The topological polar surface area (TPSA) is 59.3 Å². The predicted molar refractivity (Wildman–Crippen MR) is 65.2 cm³/mol. The van der Waals surface area contributed by atoms with E-state index in [1.807, 2.05) is 10.9 Å². The Kier molecular flexibility index (Phi) is 3.69. The highest BCUT2D eigenvalue weighted by atomic mass is 16.5. The van der Waals surface area contributed by atoms with Crippen LogP contribution in [0.2, 0.25) is 0 Å². The molecule has 1 aromatic rings. The summed E-state index contributed by atoms with van der Waals surface area (Å²) in [6, 6.07) is 0.328. The lowest BCUT2D eigenvalue weighted by Gasteiger charge is -2.31. The van der Waals surface area contributed by atoms with Crippen molar-refractivity contribution in [3.8, 4) is 5.75 Å². The van der Waals surface area contributed by atoms with Crippen LogP contribution in [0.3, 0.4) is 0 Å². The fourth-order valence-electron chi connectivity index (χ4n) is 1.93. The van der Waals surface area contributed by atoms with Crippen LogP contribution >= 0.6 is 0 Å². The number of aliphatic hydroxyl groups is 1. The third-order valence-electron chi connectivity index (χ3n) is 3.15. The van der Waals surface area contributed by atoms with Gasteiger partial charge in [-0.2, -0.15) is 5.10 Å². The van der Waals surface area contributed by atoms with Crippen molar-refractivity contribution in [2.75, 3.05) is 19.7 Å². The lowest BCUT2D eigenvalue weighted by molar-refractivity contribution is -0.0286. The smallest absolute Gasteiger partial charge is 0.157 e. The average Bonchev–Trinajstić information content (AvgIpc) is 2.76. The van der Waals surface area contributed by atoms with E-state index in [-0.39, 0.29) is 0 Å². The molecule has 2 rings (SSSR count). The van der Waals surface area contributed by atoms with Gasteiger partial charge < -0.3 is 15.2 Å². The highest BCUT2D eigenvalue weighted by Crippen LogP contribution is 2.20. The quantitative estimate of drug-likeness (QED) is 0.821. The molecular weight excluding hydrogens is 218 g/mol. The fraction of sp³-hybridized carbons (Fsp3) is 0.750. The molecule has 5 heteroatoms. The van der Waals surface area contributed by atoms with Crippen molar-refractivity contribution >= 4 is 0 Å². The minimum atomic E-state index is -0.689. The molecule has 0 radical (unpaired) electrons. The standard InChI is InChI=1S/C12H21N3O2/c1-10(2)15-8-11(7-14-15)17-9-12(16)3-5-13-6-4-12/h7-8,10,13,16H,3-6,9H2,1-2H3. The molecule has 0 unspecified atom stereocenters. The SMILES string of the molecule is CC(C)n1cc(OCC2(O)CCNCC2)cn1. The van der Waals surface area contributed by atoms with E-state index in [9.17, 15) is 5.11 Å². The maximum absolute atomic E-state index is 10.3. The van der Waals surface area contributed by atoms with Gasteiger partial charge in [0.15, 0.2) is 5.75 Å². The van der Waals surface area contributed by atoms with Gasteiger partial charge in [-0.25, -0.2) is 0 Å². The third kappa shape index (κ3) is 3.20. The second-order valence-electron chi connectivity index (χ2n) is 5.01. The van der Waals surface area contributed by atoms with Crippen molar-refractivity contribution in [3.63, 3.8) is 0 Å². The summed E-state index contributed by atoms with van der Waals surface area (Å²) in [5, 5.41) is 17.7. The van der Waals surface area contributed by atoms with Crippen LogP contribution in [0.5, 0.6) is 5.75 Å². The van der Waals surface area contributed by atoms with E-state index >= 15 is 0 Å². The average molecular weight is 239 g/mol. The highest BCUT2D eigenvalue weighted by molar-refractivity contribution is 5.12. The van der Waals surface area contributed by atoms with E-state index in [1.54, 1.807) is 6.20 Å². The monoisotopic (exact) mass is 239 g/mol. The minimum absolute atomic E-state index is 0.328. The van der Waals surface area contributed by atoms with Gasteiger partial charge in [0.1, 0.15) is 12.2 Å². The number of hydrogen-bond donors (Lipinski definition) is 2. The number of ether oxygens (including phenoxy) is 1. The van der Waals surface area contributed by atoms with Gasteiger partial charge in [0, 0.05) is 6.04 Å². The zero-order valence-electron chi connectivity index (χ0n) is 10.5. The summed E-state index contributed by atoms with van der Waals surface area (Å²) in [4.78, 5) is 0. The second kappa shape index (κ2) is 5.06.